The van der Waals surface area contributed by atoms with Gasteiger partial charge in [-0.15, -0.1) is 0 Å². The molecule has 2 aromatic rings. The van der Waals surface area contributed by atoms with E-state index in [-0.39, 0.29) is 30.6 Å². The number of benzene rings is 2. The van der Waals surface area contributed by atoms with Gasteiger partial charge in [0.15, 0.2) is 5.78 Å². The minimum atomic E-state index is -0.0103. The van der Waals surface area contributed by atoms with Crippen LogP contribution in [-0.4, -0.2) is 36.3 Å². The first-order valence-corrected chi connectivity index (χ1v) is 9.75. The fourth-order valence-corrected chi connectivity index (χ4v) is 3.50. The normalized spacial score (nSPS) is 14.8. The lowest BCUT2D eigenvalue weighted by Crippen LogP contribution is -2.40. The predicted molar refractivity (Wildman–Crippen MR) is 107 cm³/mol. The van der Waals surface area contributed by atoms with Crippen molar-refractivity contribution in [3.63, 3.8) is 0 Å². The first-order chi connectivity index (χ1) is 13.0. The number of carbonyl (C=O) groups excluding carboxylic acids is 2. The predicted octanol–water partition coefficient (Wildman–Crippen LogP) is 4.88. The Morgan fingerprint density at radius 3 is 2.37 bits per heavy atom. The average molecular weight is 406 g/mol. The third kappa shape index (κ3) is 5.24. The lowest BCUT2D eigenvalue weighted by atomic mass is 9.89. The van der Waals surface area contributed by atoms with Gasteiger partial charge in [-0.3, -0.25) is 9.59 Å². The van der Waals surface area contributed by atoms with Gasteiger partial charge in [0.25, 0.3) is 0 Å². The van der Waals surface area contributed by atoms with Gasteiger partial charge in [-0.2, -0.15) is 0 Å². The highest BCUT2D eigenvalue weighted by molar-refractivity contribution is 6.42. The monoisotopic (exact) mass is 405 g/mol. The van der Waals surface area contributed by atoms with Gasteiger partial charge in [0.2, 0.25) is 5.91 Å². The summed E-state index contributed by atoms with van der Waals surface area (Å²) in [6.45, 7) is 1.49. The van der Waals surface area contributed by atoms with E-state index in [1.165, 1.54) is 0 Å². The van der Waals surface area contributed by atoms with E-state index in [1.807, 2.05) is 35.2 Å². The molecule has 1 fully saturated rings. The molecule has 6 heteroatoms. The van der Waals surface area contributed by atoms with Crippen LogP contribution in [0.1, 0.15) is 29.6 Å². The molecule has 27 heavy (non-hydrogen) atoms. The molecule has 1 heterocycles. The zero-order valence-corrected chi connectivity index (χ0v) is 16.4. The van der Waals surface area contributed by atoms with Crippen molar-refractivity contribution in [1.82, 2.24) is 4.90 Å². The summed E-state index contributed by atoms with van der Waals surface area (Å²) in [4.78, 5) is 26.7. The summed E-state index contributed by atoms with van der Waals surface area (Å²) in [6.07, 6.45) is 1.69. The molecule has 0 saturated carbocycles. The summed E-state index contributed by atoms with van der Waals surface area (Å²) in [6, 6.07) is 14.4. The van der Waals surface area contributed by atoms with Crippen molar-refractivity contribution in [1.29, 1.82) is 0 Å². The fraction of sp³-hybridized carbons (Fsp3) is 0.333. The van der Waals surface area contributed by atoms with E-state index in [1.54, 1.807) is 18.2 Å². The fourth-order valence-electron chi connectivity index (χ4n) is 3.21. The second-order valence-electron chi connectivity index (χ2n) is 6.56. The topological polar surface area (TPSA) is 46.6 Å². The molecule has 0 aromatic heterocycles. The van der Waals surface area contributed by atoms with E-state index in [9.17, 15) is 9.59 Å². The van der Waals surface area contributed by atoms with E-state index >= 15 is 0 Å². The summed E-state index contributed by atoms with van der Waals surface area (Å²) in [5, 5.41) is 0.888. The molecule has 1 aliphatic heterocycles. The van der Waals surface area contributed by atoms with Crippen LogP contribution >= 0.6 is 23.2 Å². The Kier molecular flexibility index (Phi) is 6.75. The number of nitrogens with zero attached hydrogens (tertiary/aromatic N) is 1. The van der Waals surface area contributed by atoms with Crippen LogP contribution in [0.5, 0.6) is 5.75 Å². The van der Waals surface area contributed by atoms with Crippen LogP contribution in [0.4, 0.5) is 0 Å². The molecular formula is C21H21Cl2NO3. The van der Waals surface area contributed by atoms with Gasteiger partial charge in [-0.05, 0) is 25.0 Å². The molecule has 0 radical (unpaired) electrons. The SMILES string of the molecule is O=C(c1ccccc1)C1CCN(C(=O)CCOc2ccc(Cl)c(Cl)c2)CC1. The first kappa shape index (κ1) is 19.7. The summed E-state index contributed by atoms with van der Waals surface area (Å²) in [5.74, 6) is 0.791. The van der Waals surface area contributed by atoms with Crippen molar-refractivity contribution in [2.24, 2.45) is 5.92 Å². The third-order valence-corrected chi connectivity index (χ3v) is 5.49. The zero-order valence-electron chi connectivity index (χ0n) is 14.9. The Hall–Kier alpha value is -2.04. The van der Waals surface area contributed by atoms with E-state index < -0.39 is 0 Å². The summed E-state index contributed by atoms with van der Waals surface area (Å²) in [7, 11) is 0. The third-order valence-electron chi connectivity index (χ3n) is 4.75. The highest BCUT2D eigenvalue weighted by Crippen LogP contribution is 2.26. The molecule has 4 nitrogen and oxygen atoms in total. The quantitative estimate of drug-likeness (QED) is 0.643. The molecule has 0 atom stereocenters. The standard InChI is InChI=1S/C21H21Cl2NO3/c22-18-7-6-17(14-19(18)23)27-13-10-20(25)24-11-8-16(9-12-24)21(26)15-4-2-1-3-5-15/h1-7,14,16H,8-13H2. The van der Waals surface area contributed by atoms with Gasteiger partial charge in [-0.25, -0.2) is 0 Å². The molecule has 0 bridgehead atoms. The number of likely N-dealkylation sites (tertiary alicyclic amines) is 1. The Morgan fingerprint density at radius 1 is 1.00 bits per heavy atom. The molecule has 142 valence electrons. The molecular weight excluding hydrogens is 385 g/mol. The minimum Gasteiger partial charge on any atom is -0.493 e. The molecule has 0 aliphatic carbocycles. The van der Waals surface area contributed by atoms with E-state index in [4.69, 9.17) is 27.9 Å². The summed E-state index contributed by atoms with van der Waals surface area (Å²) >= 11 is 11.8. The highest BCUT2D eigenvalue weighted by atomic mass is 35.5. The van der Waals surface area contributed by atoms with Crippen LogP contribution in [0.25, 0.3) is 0 Å². The lowest BCUT2D eigenvalue weighted by molar-refractivity contribution is -0.132. The first-order valence-electron chi connectivity index (χ1n) is 8.99. The van der Waals surface area contributed by atoms with Crippen molar-refractivity contribution in [2.45, 2.75) is 19.3 Å². The smallest absolute Gasteiger partial charge is 0.225 e. The second kappa shape index (κ2) is 9.25. The van der Waals surface area contributed by atoms with Gasteiger partial charge < -0.3 is 9.64 Å². The maximum absolute atomic E-state index is 12.5. The zero-order chi connectivity index (χ0) is 19.2. The van der Waals surface area contributed by atoms with Crippen LogP contribution in [0.3, 0.4) is 0 Å². The Balaban J connectivity index is 1.43. The molecule has 0 spiro atoms. The highest BCUT2D eigenvalue weighted by Gasteiger charge is 2.27. The van der Waals surface area contributed by atoms with Gasteiger partial charge >= 0.3 is 0 Å². The van der Waals surface area contributed by atoms with Gasteiger partial charge in [-0.1, -0.05) is 53.5 Å². The number of rotatable bonds is 6. The average Bonchev–Trinajstić information content (AvgIpc) is 2.71. The van der Waals surface area contributed by atoms with Crippen LogP contribution in [0, 0.1) is 5.92 Å². The van der Waals surface area contributed by atoms with E-state index in [0.29, 0.717) is 41.7 Å². The van der Waals surface area contributed by atoms with E-state index in [0.717, 1.165) is 5.56 Å². The van der Waals surface area contributed by atoms with Crippen molar-refractivity contribution in [3.8, 4) is 5.75 Å². The molecule has 1 saturated heterocycles. The number of Topliss-reactive ketones (excluding diaryl/α,β-unsaturated/α-hetero) is 1. The number of hydrogen-bond donors (Lipinski definition) is 0. The maximum Gasteiger partial charge on any atom is 0.225 e. The molecule has 3 rings (SSSR count). The van der Waals surface area contributed by atoms with Gasteiger partial charge in [0, 0.05) is 30.6 Å². The second-order valence-corrected chi connectivity index (χ2v) is 7.37. The number of ketones is 1. The van der Waals surface area contributed by atoms with Crippen LogP contribution in [-0.2, 0) is 4.79 Å². The molecule has 0 N–H and O–H groups in total. The van der Waals surface area contributed by atoms with Crippen molar-refractivity contribution in [3.05, 3.63) is 64.1 Å². The lowest BCUT2D eigenvalue weighted by Gasteiger charge is -2.31. The number of carbonyl (C=O) groups is 2. The van der Waals surface area contributed by atoms with Gasteiger partial charge in [0.05, 0.1) is 23.1 Å². The number of halogens is 2. The molecule has 0 unspecified atom stereocenters. The largest absolute Gasteiger partial charge is 0.493 e. The Labute approximate surface area is 169 Å². The van der Waals surface area contributed by atoms with Gasteiger partial charge in [0.1, 0.15) is 5.75 Å². The van der Waals surface area contributed by atoms with Crippen LogP contribution in [0.15, 0.2) is 48.5 Å². The Morgan fingerprint density at radius 2 is 1.70 bits per heavy atom. The number of piperidine rings is 1. The molecule has 1 aliphatic rings. The maximum atomic E-state index is 12.5. The van der Waals surface area contributed by atoms with Crippen molar-refractivity contribution in [2.75, 3.05) is 19.7 Å². The van der Waals surface area contributed by atoms with E-state index in [2.05, 4.69) is 0 Å². The number of amides is 1. The molecule has 2 aromatic carbocycles. The minimum absolute atomic E-state index is 0.0103. The summed E-state index contributed by atoms with van der Waals surface area (Å²) in [5.41, 5.74) is 0.748. The summed E-state index contributed by atoms with van der Waals surface area (Å²) < 4.78 is 5.58. The van der Waals surface area contributed by atoms with Crippen LogP contribution in [0.2, 0.25) is 10.0 Å². The van der Waals surface area contributed by atoms with Crippen molar-refractivity contribution >= 4 is 34.9 Å². The molecule has 1 amide bonds. The Bertz CT molecular complexity index is 802. The van der Waals surface area contributed by atoms with Crippen LogP contribution < -0.4 is 4.74 Å². The number of hydrogen-bond acceptors (Lipinski definition) is 3. The van der Waals surface area contributed by atoms with Crippen molar-refractivity contribution < 1.29 is 14.3 Å². The number of ether oxygens (including phenoxy) is 1.